The first-order chi connectivity index (χ1) is 10.5. The minimum absolute atomic E-state index is 0.142. The summed E-state index contributed by atoms with van der Waals surface area (Å²) in [4.78, 5) is 46.7. The maximum atomic E-state index is 12.2. The molecule has 1 atom stereocenters. The number of carbonyl (C=O) groups is 3. The molecule has 1 saturated heterocycles. The first kappa shape index (κ1) is 14.0. The highest BCUT2D eigenvalue weighted by atomic mass is 16.4. The molecule has 1 aromatic carbocycles. The molecule has 2 heterocycles. The third-order valence-electron chi connectivity index (χ3n) is 3.43. The molecule has 2 aromatic rings. The van der Waals surface area contributed by atoms with E-state index in [1.54, 1.807) is 24.3 Å². The Kier molecular flexibility index (Phi) is 3.46. The van der Waals surface area contributed by atoms with Gasteiger partial charge >= 0.3 is 5.63 Å². The molecule has 3 rings (SSSR count). The molecule has 1 aromatic heterocycles. The second-order valence-electron chi connectivity index (χ2n) is 4.96. The zero-order chi connectivity index (χ0) is 15.7. The summed E-state index contributed by atoms with van der Waals surface area (Å²) in [5.74, 6) is -1.65. The minimum atomic E-state index is -0.837. The van der Waals surface area contributed by atoms with Crippen molar-refractivity contribution in [3.8, 4) is 0 Å². The van der Waals surface area contributed by atoms with E-state index in [9.17, 15) is 19.2 Å². The molecule has 1 unspecified atom stereocenters. The van der Waals surface area contributed by atoms with E-state index in [0.717, 1.165) is 0 Å². The first-order valence-electron chi connectivity index (χ1n) is 6.72. The van der Waals surface area contributed by atoms with E-state index in [1.165, 1.54) is 6.07 Å². The monoisotopic (exact) mass is 300 g/mol. The van der Waals surface area contributed by atoms with E-state index in [-0.39, 0.29) is 24.3 Å². The van der Waals surface area contributed by atoms with Gasteiger partial charge in [-0.2, -0.15) is 0 Å². The summed E-state index contributed by atoms with van der Waals surface area (Å²) in [7, 11) is 0. The van der Waals surface area contributed by atoms with Crippen LogP contribution in [0.15, 0.2) is 39.5 Å². The lowest BCUT2D eigenvalue weighted by molar-refractivity contribution is -0.134. The van der Waals surface area contributed by atoms with Gasteiger partial charge in [-0.05, 0) is 18.6 Å². The number of nitrogens with one attached hydrogen (secondary N) is 2. The van der Waals surface area contributed by atoms with Gasteiger partial charge in [0.05, 0.1) is 0 Å². The van der Waals surface area contributed by atoms with Crippen molar-refractivity contribution in [2.45, 2.75) is 18.9 Å². The second kappa shape index (κ2) is 5.44. The van der Waals surface area contributed by atoms with Crippen molar-refractivity contribution in [3.05, 3.63) is 46.3 Å². The topological polar surface area (TPSA) is 105 Å². The van der Waals surface area contributed by atoms with Crippen LogP contribution in [0.3, 0.4) is 0 Å². The van der Waals surface area contributed by atoms with Gasteiger partial charge in [0, 0.05) is 11.8 Å². The highest BCUT2D eigenvalue weighted by Gasteiger charge is 2.28. The Morgan fingerprint density at radius 3 is 2.77 bits per heavy atom. The molecule has 0 saturated carbocycles. The largest absolute Gasteiger partial charge is 0.422 e. The Morgan fingerprint density at radius 1 is 1.23 bits per heavy atom. The summed E-state index contributed by atoms with van der Waals surface area (Å²) in [5.41, 5.74) is -0.572. The molecule has 0 aliphatic carbocycles. The maximum absolute atomic E-state index is 12.2. The van der Waals surface area contributed by atoms with Crippen molar-refractivity contribution in [3.63, 3.8) is 0 Å². The number of hydrogen-bond donors (Lipinski definition) is 2. The predicted octanol–water partition coefficient (Wildman–Crippen LogP) is 0.328. The van der Waals surface area contributed by atoms with Crippen LogP contribution in [0, 0.1) is 0 Å². The lowest BCUT2D eigenvalue weighted by Gasteiger charge is -2.21. The van der Waals surface area contributed by atoms with Gasteiger partial charge in [-0.25, -0.2) is 4.79 Å². The fraction of sp³-hybridized carbons (Fsp3) is 0.200. The molecule has 2 N–H and O–H groups in total. The van der Waals surface area contributed by atoms with Crippen LogP contribution in [0.4, 0.5) is 0 Å². The van der Waals surface area contributed by atoms with Crippen molar-refractivity contribution in [2.75, 3.05) is 0 Å². The predicted molar refractivity (Wildman–Crippen MR) is 76.1 cm³/mol. The molecule has 0 radical (unpaired) electrons. The van der Waals surface area contributed by atoms with Gasteiger partial charge in [0.1, 0.15) is 17.2 Å². The molecular weight excluding hydrogens is 288 g/mol. The number of rotatable bonds is 2. The fourth-order valence-corrected chi connectivity index (χ4v) is 2.29. The molecule has 7 heteroatoms. The van der Waals surface area contributed by atoms with Gasteiger partial charge in [-0.3, -0.25) is 19.7 Å². The summed E-state index contributed by atoms with van der Waals surface area (Å²) < 4.78 is 5.08. The van der Waals surface area contributed by atoms with Crippen molar-refractivity contribution < 1.29 is 18.8 Å². The number of carbonyl (C=O) groups excluding carboxylic acids is 3. The normalized spacial score (nSPS) is 18.1. The van der Waals surface area contributed by atoms with Crippen LogP contribution in [0.1, 0.15) is 23.2 Å². The molecule has 112 valence electrons. The van der Waals surface area contributed by atoms with Gasteiger partial charge in [-0.15, -0.1) is 0 Å². The fourth-order valence-electron chi connectivity index (χ4n) is 2.29. The number of para-hydroxylation sites is 1. The average molecular weight is 300 g/mol. The molecule has 0 bridgehead atoms. The zero-order valence-electron chi connectivity index (χ0n) is 11.4. The van der Waals surface area contributed by atoms with Crippen molar-refractivity contribution >= 4 is 28.7 Å². The van der Waals surface area contributed by atoms with E-state index >= 15 is 0 Å². The summed E-state index contributed by atoms with van der Waals surface area (Å²) in [6.07, 6.45) is 0.346. The summed E-state index contributed by atoms with van der Waals surface area (Å²) in [6, 6.07) is 7.39. The van der Waals surface area contributed by atoms with Gasteiger partial charge in [0.2, 0.25) is 11.8 Å². The minimum Gasteiger partial charge on any atom is -0.422 e. The summed E-state index contributed by atoms with van der Waals surface area (Å²) >= 11 is 0. The number of amides is 3. The van der Waals surface area contributed by atoms with Gasteiger partial charge < -0.3 is 9.73 Å². The Hall–Kier alpha value is -2.96. The number of fused-ring (bicyclic) bond motifs is 1. The van der Waals surface area contributed by atoms with Crippen molar-refractivity contribution in [2.24, 2.45) is 0 Å². The molecule has 1 aliphatic heterocycles. The Labute approximate surface area is 124 Å². The molecule has 7 nitrogen and oxygen atoms in total. The molecule has 1 fully saturated rings. The molecule has 22 heavy (non-hydrogen) atoms. The highest BCUT2D eigenvalue weighted by molar-refractivity contribution is 6.04. The summed E-state index contributed by atoms with van der Waals surface area (Å²) in [5, 5.41) is 5.19. The second-order valence-corrected chi connectivity index (χ2v) is 4.96. The smallest absolute Gasteiger partial charge is 0.349 e. The summed E-state index contributed by atoms with van der Waals surface area (Å²) in [6.45, 7) is 0. The van der Waals surface area contributed by atoms with Crippen molar-refractivity contribution in [1.29, 1.82) is 0 Å². The SMILES string of the molecule is O=C1CCC(NC(=O)c2cc3ccccc3oc2=O)C(=O)N1. The van der Waals surface area contributed by atoms with Crippen LogP contribution in [0.5, 0.6) is 0 Å². The van der Waals surface area contributed by atoms with Gasteiger partial charge in [-0.1, -0.05) is 18.2 Å². The van der Waals surface area contributed by atoms with Crippen LogP contribution in [-0.4, -0.2) is 23.8 Å². The third kappa shape index (κ3) is 2.60. The standard InChI is InChI=1S/C15H12N2O5/c18-12-6-5-10(14(20)17-12)16-13(19)9-7-8-3-1-2-4-11(8)22-15(9)21/h1-4,7,10H,5-6H2,(H,16,19)(H,17,18,20). The lowest BCUT2D eigenvalue weighted by atomic mass is 10.1. The number of benzene rings is 1. The van der Waals surface area contributed by atoms with Crippen molar-refractivity contribution in [1.82, 2.24) is 10.6 Å². The van der Waals surface area contributed by atoms with E-state index in [0.29, 0.717) is 11.0 Å². The van der Waals surface area contributed by atoms with E-state index in [2.05, 4.69) is 10.6 Å². The Morgan fingerprint density at radius 2 is 2.00 bits per heavy atom. The number of hydrogen-bond acceptors (Lipinski definition) is 5. The van der Waals surface area contributed by atoms with Crippen LogP contribution >= 0.6 is 0 Å². The molecule has 0 spiro atoms. The Bertz CT molecular complexity index is 839. The maximum Gasteiger partial charge on any atom is 0.349 e. The molecule has 3 amide bonds. The first-order valence-corrected chi connectivity index (χ1v) is 6.72. The average Bonchev–Trinajstić information content (AvgIpc) is 2.49. The highest BCUT2D eigenvalue weighted by Crippen LogP contribution is 2.13. The van der Waals surface area contributed by atoms with Crippen LogP contribution < -0.4 is 16.3 Å². The zero-order valence-corrected chi connectivity index (χ0v) is 11.4. The van der Waals surface area contributed by atoms with E-state index in [4.69, 9.17) is 4.42 Å². The van der Waals surface area contributed by atoms with Gasteiger partial charge in [0.25, 0.3) is 5.91 Å². The van der Waals surface area contributed by atoms with Crippen LogP contribution in [0.2, 0.25) is 0 Å². The lowest BCUT2D eigenvalue weighted by Crippen LogP contribution is -2.52. The third-order valence-corrected chi connectivity index (χ3v) is 3.43. The van der Waals surface area contributed by atoms with Crippen LogP contribution in [-0.2, 0) is 9.59 Å². The molecule has 1 aliphatic rings. The number of piperidine rings is 1. The Balaban J connectivity index is 1.86. The number of imide groups is 1. The van der Waals surface area contributed by atoms with E-state index < -0.39 is 23.5 Å². The van der Waals surface area contributed by atoms with E-state index in [1.807, 2.05) is 0 Å². The molecular formula is C15H12N2O5. The van der Waals surface area contributed by atoms with Crippen LogP contribution in [0.25, 0.3) is 11.0 Å². The quantitative estimate of drug-likeness (QED) is 0.614. The van der Waals surface area contributed by atoms with Gasteiger partial charge in [0.15, 0.2) is 0 Å².